The fraction of sp³-hybridized carbons (Fsp3) is 0.556. The molecule has 0 aliphatic heterocycles. The van der Waals surface area contributed by atoms with Crippen LogP contribution in [0.4, 0.5) is 0 Å². The molecule has 0 amide bonds. The van der Waals surface area contributed by atoms with Gasteiger partial charge < -0.3 is 0 Å². The molecule has 0 bridgehead atoms. The van der Waals surface area contributed by atoms with Gasteiger partial charge in [0.25, 0.3) is 0 Å². The van der Waals surface area contributed by atoms with E-state index in [1.807, 2.05) is 0 Å². The Morgan fingerprint density at radius 3 is 1.58 bits per heavy atom. The Morgan fingerprint density at radius 2 is 1.50 bits per heavy atom. The first-order chi connectivity index (χ1) is 4.13. The fourth-order valence-corrected chi connectivity index (χ4v) is 1.16. The summed E-state index contributed by atoms with van der Waals surface area (Å²) in [5.41, 5.74) is 4.25. The van der Waals surface area contributed by atoms with Crippen molar-refractivity contribution < 1.29 is 26.2 Å². The van der Waals surface area contributed by atoms with Gasteiger partial charge in [-0.1, -0.05) is 26.7 Å². The summed E-state index contributed by atoms with van der Waals surface area (Å²) < 4.78 is 0. The van der Waals surface area contributed by atoms with E-state index in [-0.39, 0.29) is 51.0 Å². The Bertz CT molecular complexity index is 195. The molecule has 0 aromatic carbocycles. The van der Waals surface area contributed by atoms with E-state index in [4.69, 9.17) is 0 Å². The van der Waals surface area contributed by atoms with Crippen LogP contribution in [0.1, 0.15) is 27.7 Å². The molecule has 0 N–H and O–H groups in total. The van der Waals surface area contributed by atoms with E-state index in [1.165, 1.54) is 16.7 Å². The van der Waals surface area contributed by atoms with Crippen LogP contribution in [0, 0.1) is 12.0 Å². The molecule has 70 valence electrons. The molecular formula is C9H15Cl2Zr-. The van der Waals surface area contributed by atoms with Crippen molar-refractivity contribution in [1.82, 2.24) is 0 Å². The largest absolute Gasteiger partial charge is 0.266 e. The fourth-order valence-electron chi connectivity index (χ4n) is 1.16. The molecule has 1 unspecified atom stereocenters. The van der Waals surface area contributed by atoms with Gasteiger partial charge in [-0.2, -0.15) is 11.1 Å². The Hall–Kier alpha value is 0.943. The van der Waals surface area contributed by atoms with Crippen molar-refractivity contribution in [3.8, 4) is 0 Å². The Morgan fingerprint density at radius 1 is 1.08 bits per heavy atom. The van der Waals surface area contributed by atoms with Crippen LogP contribution in [0.5, 0.6) is 0 Å². The molecule has 0 aromatic heterocycles. The first-order valence-electron chi connectivity index (χ1n) is 3.40. The molecule has 1 rings (SSSR count). The van der Waals surface area contributed by atoms with Gasteiger partial charge in [-0.25, -0.2) is 5.57 Å². The van der Waals surface area contributed by atoms with Crippen LogP contribution < -0.4 is 0 Å². The summed E-state index contributed by atoms with van der Waals surface area (Å²) in [6.45, 7) is 8.67. The summed E-state index contributed by atoms with van der Waals surface area (Å²) >= 11 is 0. The number of allylic oxidation sites excluding steroid dienone is 4. The minimum Gasteiger partial charge on any atom is -0.266 e. The SMILES string of the molecule is CC1=[C-]C(C)C(C)=C1C.Cl.Cl.[Zr]. The molecular weight excluding hydrogens is 270 g/mol. The molecule has 1 aliphatic carbocycles. The van der Waals surface area contributed by atoms with Crippen LogP contribution >= 0.6 is 24.8 Å². The molecule has 0 aromatic rings. The van der Waals surface area contributed by atoms with Gasteiger partial charge in [0, 0.05) is 26.2 Å². The van der Waals surface area contributed by atoms with Crippen molar-refractivity contribution in [1.29, 1.82) is 0 Å². The quantitative estimate of drug-likeness (QED) is 0.597. The van der Waals surface area contributed by atoms with Crippen molar-refractivity contribution in [3.05, 3.63) is 22.8 Å². The van der Waals surface area contributed by atoms with E-state index in [0.29, 0.717) is 5.92 Å². The average molecular weight is 285 g/mol. The number of rotatable bonds is 0. The molecule has 0 fully saturated rings. The van der Waals surface area contributed by atoms with Crippen LogP contribution in [-0.2, 0) is 26.2 Å². The maximum Gasteiger partial charge on any atom is 0 e. The molecule has 3 heteroatoms. The normalized spacial score (nSPS) is 20.3. The number of hydrogen-bond donors (Lipinski definition) is 0. The second-order valence-corrected chi connectivity index (χ2v) is 2.80. The van der Waals surface area contributed by atoms with Gasteiger partial charge in [-0.05, 0) is 0 Å². The van der Waals surface area contributed by atoms with Crippen LogP contribution in [0.2, 0.25) is 0 Å². The van der Waals surface area contributed by atoms with Crippen LogP contribution in [0.15, 0.2) is 16.7 Å². The topological polar surface area (TPSA) is 0 Å². The molecule has 0 heterocycles. The average Bonchev–Trinajstić information content (AvgIpc) is 1.98. The van der Waals surface area contributed by atoms with Crippen molar-refractivity contribution in [2.45, 2.75) is 27.7 Å². The summed E-state index contributed by atoms with van der Waals surface area (Å²) in [7, 11) is 0. The third-order valence-electron chi connectivity index (χ3n) is 2.24. The van der Waals surface area contributed by atoms with E-state index < -0.39 is 0 Å². The van der Waals surface area contributed by atoms with E-state index in [0.717, 1.165) is 0 Å². The number of halogens is 2. The van der Waals surface area contributed by atoms with Gasteiger partial charge in [-0.15, -0.1) is 31.7 Å². The predicted octanol–water partition coefficient (Wildman–Crippen LogP) is 3.56. The zero-order valence-electron chi connectivity index (χ0n) is 7.89. The molecule has 1 aliphatic rings. The molecule has 0 saturated carbocycles. The first kappa shape index (κ1) is 18.7. The molecule has 12 heavy (non-hydrogen) atoms. The van der Waals surface area contributed by atoms with Gasteiger partial charge in [0.05, 0.1) is 0 Å². The van der Waals surface area contributed by atoms with Crippen LogP contribution in [-0.4, -0.2) is 0 Å². The summed E-state index contributed by atoms with van der Waals surface area (Å²) in [4.78, 5) is 0. The van der Waals surface area contributed by atoms with E-state index >= 15 is 0 Å². The molecule has 0 radical (unpaired) electrons. The van der Waals surface area contributed by atoms with E-state index in [2.05, 4.69) is 33.8 Å². The standard InChI is InChI=1S/C9H13.2ClH.Zr/c1-6-5-7(2)9(4)8(6)3;;;/h6H,1-4H3;2*1H;/q-1;;;. The minimum absolute atomic E-state index is 0. The van der Waals surface area contributed by atoms with Gasteiger partial charge in [0.1, 0.15) is 0 Å². The summed E-state index contributed by atoms with van der Waals surface area (Å²) in [6, 6.07) is 0. The third kappa shape index (κ3) is 3.77. The van der Waals surface area contributed by atoms with Gasteiger partial charge in [0.15, 0.2) is 0 Å². The zero-order valence-corrected chi connectivity index (χ0v) is 12.0. The number of hydrogen-bond acceptors (Lipinski definition) is 0. The summed E-state index contributed by atoms with van der Waals surface area (Å²) in [5.74, 6) is 0.560. The first-order valence-corrected chi connectivity index (χ1v) is 3.40. The van der Waals surface area contributed by atoms with E-state index in [9.17, 15) is 0 Å². The third-order valence-corrected chi connectivity index (χ3v) is 2.24. The van der Waals surface area contributed by atoms with E-state index in [1.54, 1.807) is 0 Å². The zero-order chi connectivity index (χ0) is 7.02. The molecule has 0 nitrogen and oxygen atoms in total. The molecule has 1 atom stereocenters. The Balaban J connectivity index is -0.000000270. The second-order valence-electron chi connectivity index (χ2n) is 2.80. The van der Waals surface area contributed by atoms with Crippen molar-refractivity contribution in [3.63, 3.8) is 0 Å². The minimum atomic E-state index is 0. The van der Waals surface area contributed by atoms with Gasteiger partial charge in [0.2, 0.25) is 0 Å². The maximum absolute atomic E-state index is 3.36. The van der Waals surface area contributed by atoms with Gasteiger partial charge >= 0.3 is 0 Å². The Labute approximate surface area is 107 Å². The smallest absolute Gasteiger partial charge is 0 e. The maximum atomic E-state index is 3.36. The molecule has 0 spiro atoms. The second kappa shape index (κ2) is 7.36. The van der Waals surface area contributed by atoms with Gasteiger partial charge in [-0.3, -0.25) is 6.08 Å². The Kier molecular flexibility index (Phi) is 11.4. The van der Waals surface area contributed by atoms with Crippen molar-refractivity contribution >= 4 is 24.8 Å². The van der Waals surface area contributed by atoms with Crippen molar-refractivity contribution in [2.24, 2.45) is 5.92 Å². The monoisotopic (exact) mass is 283 g/mol. The van der Waals surface area contributed by atoms with Crippen LogP contribution in [0.3, 0.4) is 0 Å². The predicted molar refractivity (Wildman–Crippen MR) is 54.5 cm³/mol. The summed E-state index contributed by atoms with van der Waals surface area (Å²) in [5, 5.41) is 0. The van der Waals surface area contributed by atoms with Crippen LogP contribution in [0.25, 0.3) is 0 Å². The molecule has 0 saturated heterocycles. The summed E-state index contributed by atoms with van der Waals surface area (Å²) in [6.07, 6.45) is 3.36. The van der Waals surface area contributed by atoms with Crippen molar-refractivity contribution in [2.75, 3.05) is 0 Å².